The second-order valence-corrected chi connectivity index (χ2v) is 5.04. The lowest BCUT2D eigenvalue weighted by atomic mass is 10.0. The molecule has 4 heteroatoms. The van der Waals surface area contributed by atoms with Crippen molar-refractivity contribution in [1.82, 2.24) is 0 Å². The molecule has 0 aliphatic rings. The van der Waals surface area contributed by atoms with Crippen LogP contribution < -0.4 is 0 Å². The van der Waals surface area contributed by atoms with Crippen LogP contribution in [-0.4, -0.2) is 16.2 Å². The van der Waals surface area contributed by atoms with E-state index in [0.29, 0.717) is 11.4 Å². The zero-order valence-electron chi connectivity index (χ0n) is 10.8. The number of benzene rings is 2. The Bertz CT molecular complexity index is 576. The van der Waals surface area contributed by atoms with Crippen LogP contribution in [-0.2, 0) is 6.42 Å². The lowest BCUT2D eigenvalue weighted by Crippen LogP contribution is -2.01. The molecule has 0 heterocycles. The minimum absolute atomic E-state index is 0.221. The standard InChI is InChI=1S/C16H15ClO3/c17-14-8-1-11(2-9-14)3-10-15(18)12-4-6-13(7-5-12)16(19)20/h1-2,4-9,15,18H,3,10H2,(H,19,20). The summed E-state index contributed by atoms with van der Waals surface area (Å²) >= 11 is 5.81. The number of carbonyl (C=O) groups is 1. The van der Waals surface area contributed by atoms with Crippen LogP contribution in [0.2, 0.25) is 5.02 Å². The quantitative estimate of drug-likeness (QED) is 0.882. The molecule has 0 fully saturated rings. The summed E-state index contributed by atoms with van der Waals surface area (Å²) in [5.41, 5.74) is 2.05. The van der Waals surface area contributed by atoms with E-state index in [-0.39, 0.29) is 5.56 Å². The lowest BCUT2D eigenvalue weighted by Gasteiger charge is -2.11. The fourth-order valence-electron chi connectivity index (χ4n) is 1.97. The van der Waals surface area contributed by atoms with Crippen LogP contribution >= 0.6 is 11.6 Å². The first-order chi connectivity index (χ1) is 9.56. The largest absolute Gasteiger partial charge is 0.478 e. The maximum Gasteiger partial charge on any atom is 0.335 e. The molecule has 3 nitrogen and oxygen atoms in total. The molecule has 0 spiro atoms. The summed E-state index contributed by atoms with van der Waals surface area (Å²) in [6.07, 6.45) is 0.709. The third-order valence-electron chi connectivity index (χ3n) is 3.16. The van der Waals surface area contributed by atoms with E-state index in [1.807, 2.05) is 24.3 Å². The van der Waals surface area contributed by atoms with Gasteiger partial charge in [-0.2, -0.15) is 0 Å². The summed E-state index contributed by atoms with van der Waals surface area (Å²) in [5, 5.41) is 19.6. The molecular formula is C16H15ClO3. The zero-order valence-corrected chi connectivity index (χ0v) is 11.5. The molecule has 0 saturated carbocycles. The molecule has 2 rings (SSSR count). The van der Waals surface area contributed by atoms with Gasteiger partial charge in [0.2, 0.25) is 0 Å². The van der Waals surface area contributed by atoms with Crippen molar-refractivity contribution in [2.45, 2.75) is 18.9 Å². The van der Waals surface area contributed by atoms with E-state index in [1.165, 1.54) is 12.1 Å². The number of carboxylic acid groups (broad SMARTS) is 1. The van der Waals surface area contributed by atoms with Crippen molar-refractivity contribution in [2.24, 2.45) is 0 Å². The normalized spacial score (nSPS) is 12.1. The van der Waals surface area contributed by atoms with Gasteiger partial charge >= 0.3 is 5.97 Å². The van der Waals surface area contributed by atoms with Crippen LogP contribution in [0.1, 0.15) is 34.0 Å². The Kier molecular flexibility index (Phi) is 4.77. The third kappa shape index (κ3) is 3.83. The number of aryl methyl sites for hydroxylation is 1. The molecule has 0 aliphatic heterocycles. The Labute approximate surface area is 122 Å². The van der Waals surface area contributed by atoms with Crippen LogP contribution in [0, 0.1) is 0 Å². The van der Waals surface area contributed by atoms with E-state index in [0.717, 1.165) is 17.5 Å². The average Bonchev–Trinajstić information content (AvgIpc) is 2.46. The zero-order chi connectivity index (χ0) is 14.5. The molecular weight excluding hydrogens is 276 g/mol. The number of rotatable bonds is 5. The van der Waals surface area contributed by atoms with Gasteiger partial charge in [0.15, 0.2) is 0 Å². The van der Waals surface area contributed by atoms with Gasteiger partial charge in [0, 0.05) is 5.02 Å². The van der Waals surface area contributed by atoms with Crippen LogP contribution in [0.15, 0.2) is 48.5 Å². The Morgan fingerprint density at radius 2 is 1.65 bits per heavy atom. The molecule has 2 aromatic carbocycles. The molecule has 0 aliphatic carbocycles. The maximum atomic E-state index is 10.7. The van der Waals surface area contributed by atoms with Gasteiger partial charge in [-0.15, -0.1) is 0 Å². The Morgan fingerprint density at radius 1 is 1.05 bits per heavy atom. The van der Waals surface area contributed by atoms with E-state index in [1.54, 1.807) is 12.1 Å². The van der Waals surface area contributed by atoms with E-state index in [4.69, 9.17) is 16.7 Å². The monoisotopic (exact) mass is 290 g/mol. The van der Waals surface area contributed by atoms with Crippen molar-refractivity contribution in [3.63, 3.8) is 0 Å². The Balaban J connectivity index is 1.95. The number of aromatic carboxylic acids is 1. The molecule has 1 unspecified atom stereocenters. The van der Waals surface area contributed by atoms with Crippen molar-refractivity contribution in [2.75, 3.05) is 0 Å². The van der Waals surface area contributed by atoms with Gasteiger partial charge in [0.25, 0.3) is 0 Å². The van der Waals surface area contributed by atoms with Gasteiger partial charge in [0.05, 0.1) is 11.7 Å². The molecule has 0 aromatic heterocycles. The molecule has 0 bridgehead atoms. The van der Waals surface area contributed by atoms with Crippen LogP contribution in [0.3, 0.4) is 0 Å². The van der Waals surface area contributed by atoms with Crippen molar-refractivity contribution in [3.8, 4) is 0 Å². The van der Waals surface area contributed by atoms with Gasteiger partial charge in [0.1, 0.15) is 0 Å². The molecule has 104 valence electrons. The van der Waals surface area contributed by atoms with Gasteiger partial charge in [-0.1, -0.05) is 35.9 Å². The highest BCUT2D eigenvalue weighted by Gasteiger charge is 2.09. The molecule has 0 amide bonds. The van der Waals surface area contributed by atoms with E-state index in [2.05, 4.69) is 0 Å². The fourth-order valence-corrected chi connectivity index (χ4v) is 2.09. The second-order valence-electron chi connectivity index (χ2n) is 4.61. The van der Waals surface area contributed by atoms with Crippen LogP contribution in [0.25, 0.3) is 0 Å². The highest BCUT2D eigenvalue weighted by atomic mass is 35.5. The molecule has 0 saturated heterocycles. The maximum absolute atomic E-state index is 10.7. The van der Waals surface area contributed by atoms with Gasteiger partial charge in [-0.25, -0.2) is 4.79 Å². The highest BCUT2D eigenvalue weighted by Crippen LogP contribution is 2.20. The predicted molar refractivity (Wildman–Crippen MR) is 78.1 cm³/mol. The second kappa shape index (κ2) is 6.55. The first kappa shape index (κ1) is 14.6. The van der Waals surface area contributed by atoms with Crippen LogP contribution in [0.5, 0.6) is 0 Å². The summed E-state index contributed by atoms with van der Waals surface area (Å²) in [4.78, 5) is 10.7. The van der Waals surface area contributed by atoms with Gasteiger partial charge in [-0.05, 0) is 48.2 Å². The number of aliphatic hydroxyl groups excluding tert-OH is 1. The number of hydrogen-bond acceptors (Lipinski definition) is 2. The predicted octanol–water partition coefficient (Wildman–Crippen LogP) is 3.70. The van der Waals surface area contributed by atoms with E-state index < -0.39 is 12.1 Å². The summed E-state index contributed by atoms with van der Waals surface area (Å²) < 4.78 is 0. The van der Waals surface area contributed by atoms with Crippen molar-refractivity contribution >= 4 is 17.6 Å². The first-order valence-electron chi connectivity index (χ1n) is 6.32. The first-order valence-corrected chi connectivity index (χ1v) is 6.70. The minimum atomic E-state index is -0.966. The summed E-state index contributed by atoms with van der Waals surface area (Å²) in [6.45, 7) is 0. The van der Waals surface area contributed by atoms with Crippen molar-refractivity contribution in [3.05, 3.63) is 70.2 Å². The molecule has 2 N–H and O–H groups in total. The number of halogens is 1. The smallest absolute Gasteiger partial charge is 0.335 e. The van der Waals surface area contributed by atoms with Gasteiger partial charge in [-0.3, -0.25) is 0 Å². The lowest BCUT2D eigenvalue weighted by molar-refractivity contribution is 0.0696. The molecule has 2 aromatic rings. The fraction of sp³-hybridized carbons (Fsp3) is 0.188. The molecule has 1 atom stereocenters. The van der Waals surface area contributed by atoms with Crippen LogP contribution in [0.4, 0.5) is 0 Å². The summed E-state index contributed by atoms with van der Waals surface area (Å²) in [5.74, 6) is -0.966. The summed E-state index contributed by atoms with van der Waals surface area (Å²) in [7, 11) is 0. The van der Waals surface area contributed by atoms with Crippen molar-refractivity contribution < 1.29 is 15.0 Å². The van der Waals surface area contributed by atoms with E-state index >= 15 is 0 Å². The third-order valence-corrected chi connectivity index (χ3v) is 3.41. The van der Waals surface area contributed by atoms with E-state index in [9.17, 15) is 9.90 Å². The minimum Gasteiger partial charge on any atom is -0.478 e. The molecule has 20 heavy (non-hydrogen) atoms. The van der Waals surface area contributed by atoms with Gasteiger partial charge < -0.3 is 10.2 Å². The molecule has 0 radical (unpaired) electrons. The summed E-state index contributed by atoms with van der Waals surface area (Å²) in [6, 6.07) is 13.8. The Hall–Kier alpha value is -1.84. The Morgan fingerprint density at radius 3 is 2.20 bits per heavy atom. The highest BCUT2D eigenvalue weighted by molar-refractivity contribution is 6.30. The SMILES string of the molecule is O=C(O)c1ccc(C(O)CCc2ccc(Cl)cc2)cc1. The number of carboxylic acids is 1. The topological polar surface area (TPSA) is 57.5 Å². The number of aliphatic hydroxyl groups is 1. The number of hydrogen-bond donors (Lipinski definition) is 2. The van der Waals surface area contributed by atoms with Crippen molar-refractivity contribution in [1.29, 1.82) is 0 Å². The average molecular weight is 291 g/mol.